The number of amides is 1. The summed E-state index contributed by atoms with van der Waals surface area (Å²) in [6.45, 7) is 5.65. The van der Waals surface area contributed by atoms with E-state index in [0.717, 1.165) is 31.9 Å². The van der Waals surface area contributed by atoms with Gasteiger partial charge in [-0.05, 0) is 19.1 Å². The predicted octanol–water partition coefficient (Wildman–Crippen LogP) is 1.91. The third-order valence-corrected chi connectivity index (χ3v) is 4.09. The van der Waals surface area contributed by atoms with E-state index >= 15 is 0 Å². The van der Waals surface area contributed by atoms with Crippen LogP contribution < -0.4 is 5.32 Å². The zero-order valence-corrected chi connectivity index (χ0v) is 11.6. The van der Waals surface area contributed by atoms with Gasteiger partial charge in [0.25, 0.3) is 0 Å². The van der Waals surface area contributed by atoms with E-state index in [0.29, 0.717) is 6.42 Å². The van der Waals surface area contributed by atoms with Crippen LogP contribution in [0.3, 0.4) is 0 Å². The standard InChI is InChI=1S/C14H20N2OS/c1-12-2-4-13(5-3-12)18-11-6-14(17)16-9-7-15-8-10-16/h2-5,15H,6-11H2,1H3. The summed E-state index contributed by atoms with van der Waals surface area (Å²) in [5.41, 5.74) is 1.27. The molecule has 1 heterocycles. The molecule has 0 unspecified atom stereocenters. The molecule has 0 spiro atoms. The maximum Gasteiger partial charge on any atom is 0.223 e. The van der Waals surface area contributed by atoms with Gasteiger partial charge in [-0.3, -0.25) is 4.79 Å². The lowest BCUT2D eigenvalue weighted by atomic mass is 10.2. The molecule has 3 nitrogen and oxygen atoms in total. The van der Waals surface area contributed by atoms with E-state index in [1.165, 1.54) is 10.5 Å². The van der Waals surface area contributed by atoms with E-state index in [1.807, 2.05) is 4.90 Å². The van der Waals surface area contributed by atoms with Crippen molar-refractivity contribution >= 4 is 17.7 Å². The molecule has 1 N–H and O–H groups in total. The molecular weight excluding hydrogens is 244 g/mol. The van der Waals surface area contributed by atoms with E-state index < -0.39 is 0 Å². The van der Waals surface area contributed by atoms with E-state index in [-0.39, 0.29) is 5.91 Å². The van der Waals surface area contributed by atoms with Crippen molar-refractivity contribution in [2.75, 3.05) is 31.9 Å². The van der Waals surface area contributed by atoms with Crippen molar-refractivity contribution in [1.29, 1.82) is 0 Å². The topological polar surface area (TPSA) is 32.3 Å². The lowest BCUT2D eigenvalue weighted by Crippen LogP contribution is -2.46. The zero-order valence-electron chi connectivity index (χ0n) is 10.8. The SMILES string of the molecule is Cc1ccc(SCCC(=O)N2CCNCC2)cc1. The molecule has 1 amide bonds. The zero-order chi connectivity index (χ0) is 12.8. The Balaban J connectivity index is 1.71. The Morgan fingerprint density at radius 2 is 1.94 bits per heavy atom. The summed E-state index contributed by atoms with van der Waals surface area (Å²) < 4.78 is 0. The van der Waals surface area contributed by atoms with E-state index in [2.05, 4.69) is 36.5 Å². The van der Waals surface area contributed by atoms with Gasteiger partial charge >= 0.3 is 0 Å². The molecule has 0 aromatic heterocycles. The average molecular weight is 264 g/mol. The second-order valence-electron chi connectivity index (χ2n) is 4.54. The minimum absolute atomic E-state index is 0.288. The van der Waals surface area contributed by atoms with Gasteiger partial charge in [0.2, 0.25) is 5.91 Å². The summed E-state index contributed by atoms with van der Waals surface area (Å²) in [5.74, 6) is 1.15. The lowest BCUT2D eigenvalue weighted by molar-refractivity contribution is -0.131. The molecule has 18 heavy (non-hydrogen) atoms. The normalized spacial score (nSPS) is 15.7. The summed E-state index contributed by atoms with van der Waals surface area (Å²) in [6, 6.07) is 8.46. The second-order valence-corrected chi connectivity index (χ2v) is 5.71. The van der Waals surface area contributed by atoms with Gasteiger partial charge in [0.15, 0.2) is 0 Å². The Hall–Kier alpha value is -1.00. The molecule has 4 heteroatoms. The number of hydrogen-bond donors (Lipinski definition) is 1. The summed E-state index contributed by atoms with van der Waals surface area (Å²) >= 11 is 1.76. The number of nitrogens with one attached hydrogen (secondary N) is 1. The second kappa shape index (κ2) is 6.81. The van der Waals surface area contributed by atoms with Crippen LogP contribution in [0.15, 0.2) is 29.2 Å². The first-order valence-corrected chi connectivity index (χ1v) is 7.42. The molecule has 98 valence electrons. The number of piperazine rings is 1. The maximum absolute atomic E-state index is 11.9. The molecule has 1 aliphatic heterocycles. The number of benzene rings is 1. The van der Waals surface area contributed by atoms with Crippen molar-refractivity contribution in [3.05, 3.63) is 29.8 Å². The number of carbonyl (C=O) groups is 1. The molecule has 1 aromatic carbocycles. The quantitative estimate of drug-likeness (QED) is 0.843. The highest BCUT2D eigenvalue weighted by Gasteiger charge is 2.15. The average Bonchev–Trinajstić information content (AvgIpc) is 2.42. The van der Waals surface area contributed by atoms with Crippen LogP contribution >= 0.6 is 11.8 Å². The highest BCUT2D eigenvalue weighted by atomic mass is 32.2. The van der Waals surface area contributed by atoms with Crippen LogP contribution in [0.1, 0.15) is 12.0 Å². The lowest BCUT2D eigenvalue weighted by Gasteiger charge is -2.27. The van der Waals surface area contributed by atoms with Gasteiger partial charge in [0, 0.05) is 43.2 Å². The van der Waals surface area contributed by atoms with Crippen molar-refractivity contribution in [3.8, 4) is 0 Å². The molecule has 0 atom stereocenters. The number of nitrogens with zero attached hydrogens (tertiary/aromatic N) is 1. The Morgan fingerprint density at radius 1 is 1.28 bits per heavy atom. The largest absolute Gasteiger partial charge is 0.340 e. The fourth-order valence-corrected chi connectivity index (χ4v) is 2.80. The first-order valence-electron chi connectivity index (χ1n) is 6.44. The van der Waals surface area contributed by atoms with Crippen LogP contribution in [-0.4, -0.2) is 42.7 Å². The molecule has 1 aliphatic rings. The highest BCUT2D eigenvalue weighted by Crippen LogP contribution is 2.19. The van der Waals surface area contributed by atoms with E-state index in [1.54, 1.807) is 11.8 Å². The van der Waals surface area contributed by atoms with Gasteiger partial charge in [0.1, 0.15) is 0 Å². The first kappa shape index (κ1) is 13.4. The summed E-state index contributed by atoms with van der Waals surface area (Å²) in [6.07, 6.45) is 0.637. The molecule has 1 fully saturated rings. The molecule has 2 rings (SSSR count). The minimum atomic E-state index is 0.288. The monoisotopic (exact) mass is 264 g/mol. The Labute approximate surface area is 113 Å². The van der Waals surface area contributed by atoms with Crippen LogP contribution in [-0.2, 0) is 4.79 Å². The molecular formula is C14H20N2OS. The van der Waals surface area contributed by atoms with Gasteiger partial charge in [-0.2, -0.15) is 0 Å². The van der Waals surface area contributed by atoms with Gasteiger partial charge in [-0.1, -0.05) is 17.7 Å². The molecule has 0 aliphatic carbocycles. The molecule has 0 radical (unpaired) electrons. The molecule has 0 saturated carbocycles. The Morgan fingerprint density at radius 3 is 2.61 bits per heavy atom. The van der Waals surface area contributed by atoms with Crippen LogP contribution in [0.25, 0.3) is 0 Å². The van der Waals surface area contributed by atoms with Crippen LogP contribution in [0.2, 0.25) is 0 Å². The highest BCUT2D eigenvalue weighted by molar-refractivity contribution is 7.99. The summed E-state index contributed by atoms with van der Waals surface area (Å²) in [4.78, 5) is 15.1. The van der Waals surface area contributed by atoms with Crippen molar-refractivity contribution < 1.29 is 4.79 Å². The number of aryl methyl sites for hydroxylation is 1. The van der Waals surface area contributed by atoms with Crippen LogP contribution in [0.4, 0.5) is 0 Å². The van der Waals surface area contributed by atoms with E-state index in [9.17, 15) is 4.79 Å². The summed E-state index contributed by atoms with van der Waals surface area (Å²) in [5, 5.41) is 3.26. The van der Waals surface area contributed by atoms with Crippen molar-refractivity contribution in [3.63, 3.8) is 0 Å². The third kappa shape index (κ3) is 4.03. The maximum atomic E-state index is 11.9. The fourth-order valence-electron chi connectivity index (χ4n) is 1.96. The predicted molar refractivity (Wildman–Crippen MR) is 76.0 cm³/mol. The first-order chi connectivity index (χ1) is 8.75. The van der Waals surface area contributed by atoms with Crippen molar-refractivity contribution in [1.82, 2.24) is 10.2 Å². The Kier molecular flexibility index (Phi) is 5.08. The molecule has 0 bridgehead atoms. The fraction of sp³-hybridized carbons (Fsp3) is 0.500. The van der Waals surface area contributed by atoms with Gasteiger partial charge in [0.05, 0.1) is 0 Å². The van der Waals surface area contributed by atoms with Gasteiger partial charge < -0.3 is 10.2 Å². The smallest absolute Gasteiger partial charge is 0.223 e. The van der Waals surface area contributed by atoms with Gasteiger partial charge in [-0.15, -0.1) is 11.8 Å². The number of carbonyl (C=O) groups excluding carboxylic acids is 1. The number of rotatable bonds is 4. The Bertz CT molecular complexity index is 385. The van der Waals surface area contributed by atoms with Crippen molar-refractivity contribution in [2.24, 2.45) is 0 Å². The van der Waals surface area contributed by atoms with E-state index in [4.69, 9.17) is 0 Å². The summed E-state index contributed by atoms with van der Waals surface area (Å²) in [7, 11) is 0. The van der Waals surface area contributed by atoms with Crippen molar-refractivity contribution in [2.45, 2.75) is 18.2 Å². The minimum Gasteiger partial charge on any atom is -0.340 e. The van der Waals surface area contributed by atoms with Gasteiger partial charge in [-0.25, -0.2) is 0 Å². The van der Waals surface area contributed by atoms with Crippen LogP contribution in [0.5, 0.6) is 0 Å². The third-order valence-electron chi connectivity index (χ3n) is 3.08. The number of hydrogen-bond acceptors (Lipinski definition) is 3. The molecule has 1 saturated heterocycles. The number of thioether (sulfide) groups is 1. The van der Waals surface area contributed by atoms with Crippen LogP contribution in [0, 0.1) is 6.92 Å². The molecule has 1 aromatic rings.